The number of carbonyl (C=O) groups excluding carboxylic acids is 1. The summed E-state index contributed by atoms with van der Waals surface area (Å²) >= 11 is 1.49. The predicted molar refractivity (Wildman–Crippen MR) is 74.4 cm³/mol. The Labute approximate surface area is 116 Å². The monoisotopic (exact) mass is 295 g/mol. The first-order valence-corrected chi connectivity index (χ1v) is 8.38. The summed E-state index contributed by atoms with van der Waals surface area (Å²) < 4.78 is 22.9. The first-order chi connectivity index (χ1) is 8.86. The van der Waals surface area contributed by atoms with Gasteiger partial charge in [0.1, 0.15) is 0 Å². The smallest absolute Gasteiger partial charge is 0.175 e. The maximum absolute atomic E-state index is 12.1. The van der Waals surface area contributed by atoms with E-state index >= 15 is 0 Å². The molecule has 6 heteroatoms. The molecule has 0 N–H and O–H groups in total. The highest BCUT2D eigenvalue weighted by atomic mass is 32.2. The van der Waals surface area contributed by atoms with Crippen LogP contribution in [0.1, 0.15) is 21.1 Å². The van der Waals surface area contributed by atoms with E-state index in [1.807, 2.05) is 12.3 Å². The third-order valence-corrected chi connectivity index (χ3v) is 4.52. The fourth-order valence-corrected chi connectivity index (χ4v) is 2.94. The van der Waals surface area contributed by atoms with Crippen LogP contribution in [0.3, 0.4) is 0 Å². The lowest BCUT2D eigenvalue weighted by molar-refractivity contribution is 0.0992. The van der Waals surface area contributed by atoms with Gasteiger partial charge in [0.05, 0.1) is 22.0 Å². The Morgan fingerprint density at radius 2 is 2.11 bits per heavy atom. The Kier molecular flexibility index (Phi) is 3.82. The van der Waals surface area contributed by atoms with Crippen molar-refractivity contribution >= 4 is 27.0 Å². The molecule has 1 aromatic carbocycles. The normalized spacial score (nSPS) is 11.5. The molecule has 2 rings (SSSR count). The van der Waals surface area contributed by atoms with E-state index in [4.69, 9.17) is 0 Å². The number of sulfone groups is 1. The van der Waals surface area contributed by atoms with E-state index in [0.29, 0.717) is 5.56 Å². The minimum atomic E-state index is -3.29. The molecule has 100 valence electrons. The molecule has 0 spiro atoms. The molecule has 0 bridgehead atoms. The lowest BCUT2D eigenvalue weighted by Crippen LogP contribution is -2.06. The molecular formula is C13H13NO3S2. The summed E-state index contributed by atoms with van der Waals surface area (Å²) in [4.78, 5) is 16.5. The lowest BCUT2D eigenvalue weighted by Gasteiger charge is -2.02. The molecule has 1 aromatic heterocycles. The van der Waals surface area contributed by atoms with E-state index in [2.05, 4.69) is 4.98 Å². The molecule has 0 saturated carbocycles. The average molecular weight is 295 g/mol. The number of rotatable bonds is 4. The summed E-state index contributed by atoms with van der Waals surface area (Å²) in [6.07, 6.45) is 1.32. The Balaban J connectivity index is 2.25. The zero-order valence-electron chi connectivity index (χ0n) is 10.6. The van der Waals surface area contributed by atoms with Crippen LogP contribution in [-0.4, -0.2) is 25.4 Å². The topological polar surface area (TPSA) is 64.1 Å². The van der Waals surface area contributed by atoms with Gasteiger partial charge in [-0.25, -0.2) is 13.4 Å². The maximum atomic E-state index is 12.1. The second-order valence-electron chi connectivity index (χ2n) is 4.26. The minimum absolute atomic E-state index is 0.129. The van der Waals surface area contributed by atoms with Crippen LogP contribution in [0, 0.1) is 6.92 Å². The maximum Gasteiger partial charge on any atom is 0.175 e. The molecule has 19 heavy (non-hydrogen) atoms. The second kappa shape index (κ2) is 5.22. The molecule has 0 atom stereocenters. The Hall–Kier alpha value is -1.53. The van der Waals surface area contributed by atoms with E-state index in [1.54, 1.807) is 12.1 Å². The van der Waals surface area contributed by atoms with Gasteiger partial charge in [0.2, 0.25) is 0 Å². The van der Waals surface area contributed by atoms with E-state index < -0.39 is 9.84 Å². The zero-order chi connectivity index (χ0) is 14.0. The van der Waals surface area contributed by atoms with Crippen LogP contribution in [0.5, 0.6) is 0 Å². The fraction of sp³-hybridized carbons (Fsp3) is 0.231. The molecule has 0 aliphatic carbocycles. The standard InChI is InChI=1S/C13H13NO3S2/c1-9-14-11(8-18-9)7-13(15)10-4-3-5-12(6-10)19(2,16)17/h3-6,8H,7H2,1-2H3. The summed E-state index contributed by atoms with van der Waals surface area (Å²) in [5.74, 6) is -0.129. The molecule has 0 saturated heterocycles. The van der Waals surface area contributed by atoms with Crippen molar-refractivity contribution in [3.8, 4) is 0 Å². The molecule has 1 heterocycles. The summed E-state index contributed by atoms with van der Waals surface area (Å²) in [5.41, 5.74) is 1.12. The number of benzene rings is 1. The van der Waals surface area contributed by atoms with E-state index in [0.717, 1.165) is 17.0 Å². The third-order valence-electron chi connectivity index (χ3n) is 2.59. The Morgan fingerprint density at radius 1 is 1.37 bits per heavy atom. The van der Waals surface area contributed by atoms with Gasteiger partial charge in [-0.3, -0.25) is 4.79 Å². The van der Waals surface area contributed by atoms with Crippen molar-refractivity contribution in [2.24, 2.45) is 0 Å². The Bertz CT molecular complexity index is 717. The second-order valence-corrected chi connectivity index (χ2v) is 7.34. The number of hydrogen-bond acceptors (Lipinski definition) is 5. The molecule has 0 unspecified atom stereocenters. The first-order valence-electron chi connectivity index (χ1n) is 5.60. The molecule has 2 aromatic rings. The van der Waals surface area contributed by atoms with E-state index in [-0.39, 0.29) is 17.1 Å². The van der Waals surface area contributed by atoms with Crippen molar-refractivity contribution < 1.29 is 13.2 Å². The highest BCUT2D eigenvalue weighted by molar-refractivity contribution is 7.90. The molecule has 0 aliphatic heterocycles. The van der Waals surface area contributed by atoms with Crippen molar-refractivity contribution in [1.82, 2.24) is 4.98 Å². The number of carbonyl (C=O) groups is 1. The van der Waals surface area contributed by atoms with Crippen molar-refractivity contribution in [2.45, 2.75) is 18.2 Å². The SMILES string of the molecule is Cc1nc(CC(=O)c2cccc(S(C)(=O)=O)c2)cs1. The van der Waals surface area contributed by atoms with Crippen LogP contribution in [0.15, 0.2) is 34.5 Å². The molecule has 4 nitrogen and oxygen atoms in total. The number of aromatic nitrogens is 1. The summed E-state index contributed by atoms with van der Waals surface area (Å²) in [5, 5.41) is 2.75. The van der Waals surface area contributed by atoms with Gasteiger partial charge in [0.15, 0.2) is 15.6 Å². The van der Waals surface area contributed by atoms with Crippen LogP contribution < -0.4 is 0 Å². The van der Waals surface area contributed by atoms with Crippen molar-refractivity contribution in [2.75, 3.05) is 6.26 Å². The molecule has 0 radical (unpaired) electrons. The molecular weight excluding hydrogens is 282 g/mol. The largest absolute Gasteiger partial charge is 0.294 e. The van der Waals surface area contributed by atoms with Gasteiger partial charge in [0, 0.05) is 17.2 Å². The van der Waals surface area contributed by atoms with Gasteiger partial charge in [-0.1, -0.05) is 12.1 Å². The van der Waals surface area contributed by atoms with Gasteiger partial charge >= 0.3 is 0 Å². The minimum Gasteiger partial charge on any atom is -0.294 e. The van der Waals surface area contributed by atoms with Gasteiger partial charge in [0.25, 0.3) is 0 Å². The van der Waals surface area contributed by atoms with Crippen molar-refractivity contribution in [3.63, 3.8) is 0 Å². The van der Waals surface area contributed by atoms with Crippen LogP contribution in [0.2, 0.25) is 0 Å². The molecule has 0 fully saturated rings. The van der Waals surface area contributed by atoms with Gasteiger partial charge in [-0.15, -0.1) is 11.3 Å². The highest BCUT2D eigenvalue weighted by Crippen LogP contribution is 2.15. The number of ketones is 1. The molecule has 0 amide bonds. The predicted octanol–water partition coefficient (Wildman–Crippen LogP) is 2.28. The van der Waals surface area contributed by atoms with E-state index in [1.165, 1.54) is 23.5 Å². The summed E-state index contributed by atoms with van der Waals surface area (Å²) in [7, 11) is -3.29. The average Bonchev–Trinajstić information content (AvgIpc) is 2.74. The number of hydrogen-bond donors (Lipinski definition) is 0. The quantitative estimate of drug-likeness (QED) is 0.812. The lowest BCUT2D eigenvalue weighted by atomic mass is 10.1. The first kappa shape index (κ1) is 13.9. The number of Topliss-reactive ketones (excluding diaryl/α,β-unsaturated/α-hetero) is 1. The fourth-order valence-electron chi connectivity index (χ4n) is 1.66. The van der Waals surface area contributed by atoms with Gasteiger partial charge in [-0.05, 0) is 19.1 Å². The number of aryl methyl sites for hydroxylation is 1. The van der Waals surface area contributed by atoms with Crippen LogP contribution >= 0.6 is 11.3 Å². The molecule has 0 aliphatic rings. The highest BCUT2D eigenvalue weighted by Gasteiger charge is 2.13. The summed E-state index contributed by atoms with van der Waals surface area (Å²) in [6, 6.07) is 6.10. The van der Waals surface area contributed by atoms with Gasteiger partial charge in [-0.2, -0.15) is 0 Å². The Morgan fingerprint density at radius 3 is 2.68 bits per heavy atom. The van der Waals surface area contributed by atoms with Crippen LogP contribution in [0.4, 0.5) is 0 Å². The number of nitrogens with zero attached hydrogens (tertiary/aromatic N) is 1. The van der Waals surface area contributed by atoms with Crippen molar-refractivity contribution in [3.05, 3.63) is 45.9 Å². The van der Waals surface area contributed by atoms with Gasteiger partial charge < -0.3 is 0 Å². The van der Waals surface area contributed by atoms with Crippen LogP contribution in [0.25, 0.3) is 0 Å². The van der Waals surface area contributed by atoms with E-state index in [9.17, 15) is 13.2 Å². The number of thiazole rings is 1. The summed E-state index contributed by atoms with van der Waals surface area (Å²) in [6.45, 7) is 1.88. The zero-order valence-corrected chi connectivity index (χ0v) is 12.2. The van der Waals surface area contributed by atoms with Crippen LogP contribution in [-0.2, 0) is 16.3 Å². The van der Waals surface area contributed by atoms with Crippen molar-refractivity contribution in [1.29, 1.82) is 0 Å². The third kappa shape index (κ3) is 3.48.